The highest BCUT2D eigenvalue weighted by Gasteiger charge is 2.29. The molecule has 1 aliphatic carbocycles. The number of aromatic nitrogens is 2. The molecule has 0 aromatic carbocycles. The molecule has 20 heavy (non-hydrogen) atoms. The summed E-state index contributed by atoms with van der Waals surface area (Å²) in [4.78, 5) is 18.7. The van der Waals surface area contributed by atoms with Gasteiger partial charge in [0.15, 0.2) is 6.29 Å². The highest BCUT2D eigenvalue weighted by Crippen LogP contribution is 2.38. The standard InChI is InChI=1S/C16H21N3O/c1-16(2,3)10-4-5-11-9(6-10)7-12-15(19-11)14(17)13(8-20)18-12/h7-8,10,18H,4-6,17H2,1-3H3. The average molecular weight is 271 g/mol. The van der Waals surface area contributed by atoms with Crippen LogP contribution < -0.4 is 5.73 Å². The second kappa shape index (κ2) is 4.33. The van der Waals surface area contributed by atoms with E-state index in [1.807, 2.05) is 0 Å². The fourth-order valence-corrected chi connectivity index (χ4v) is 3.14. The number of H-pyrrole nitrogens is 1. The zero-order valence-corrected chi connectivity index (χ0v) is 12.3. The molecule has 0 spiro atoms. The van der Waals surface area contributed by atoms with E-state index in [9.17, 15) is 4.79 Å². The van der Waals surface area contributed by atoms with Crippen LogP contribution in [0.3, 0.4) is 0 Å². The van der Waals surface area contributed by atoms with Gasteiger partial charge in [0.1, 0.15) is 11.2 Å². The van der Waals surface area contributed by atoms with Crippen LogP contribution in [0.25, 0.3) is 11.0 Å². The van der Waals surface area contributed by atoms with E-state index in [0.717, 1.165) is 35.9 Å². The van der Waals surface area contributed by atoms with Gasteiger partial charge in [-0.3, -0.25) is 4.79 Å². The molecule has 4 heteroatoms. The number of anilines is 1. The predicted molar refractivity (Wildman–Crippen MR) is 80.9 cm³/mol. The molecule has 0 amide bonds. The van der Waals surface area contributed by atoms with Gasteiger partial charge in [-0.25, -0.2) is 4.98 Å². The van der Waals surface area contributed by atoms with Gasteiger partial charge in [0.2, 0.25) is 0 Å². The summed E-state index contributed by atoms with van der Waals surface area (Å²) in [5.74, 6) is 0.673. The maximum absolute atomic E-state index is 11.0. The van der Waals surface area contributed by atoms with Crippen molar-refractivity contribution < 1.29 is 4.79 Å². The zero-order chi connectivity index (χ0) is 14.5. The molecule has 0 saturated heterocycles. The van der Waals surface area contributed by atoms with Gasteiger partial charge in [-0.05, 0) is 42.2 Å². The molecule has 0 fully saturated rings. The van der Waals surface area contributed by atoms with Crippen LogP contribution in [0.15, 0.2) is 6.07 Å². The van der Waals surface area contributed by atoms with E-state index in [4.69, 9.17) is 5.73 Å². The van der Waals surface area contributed by atoms with E-state index < -0.39 is 0 Å². The van der Waals surface area contributed by atoms with Crippen molar-refractivity contribution in [1.82, 2.24) is 9.97 Å². The summed E-state index contributed by atoms with van der Waals surface area (Å²) in [6, 6.07) is 2.12. The van der Waals surface area contributed by atoms with Crippen molar-refractivity contribution in [2.45, 2.75) is 40.0 Å². The minimum absolute atomic E-state index is 0.315. The number of aryl methyl sites for hydroxylation is 1. The predicted octanol–water partition coefficient (Wildman–Crippen LogP) is 3.11. The van der Waals surface area contributed by atoms with Crippen molar-refractivity contribution in [1.29, 1.82) is 0 Å². The van der Waals surface area contributed by atoms with Gasteiger partial charge in [-0.2, -0.15) is 0 Å². The largest absolute Gasteiger partial charge is 0.395 e. The molecule has 2 aromatic rings. The number of nitrogens with two attached hydrogens (primary N) is 1. The van der Waals surface area contributed by atoms with E-state index in [-0.39, 0.29) is 0 Å². The fraction of sp³-hybridized carbons (Fsp3) is 0.500. The Bertz CT molecular complexity index is 679. The molecule has 0 radical (unpaired) electrons. The lowest BCUT2D eigenvalue weighted by atomic mass is 9.71. The molecule has 0 bridgehead atoms. The van der Waals surface area contributed by atoms with Crippen LogP contribution in [0.2, 0.25) is 0 Å². The smallest absolute Gasteiger partial charge is 0.168 e. The number of fused-ring (bicyclic) bond motifs is 2. The molecule has 0 saturated carbocycles. The number of carbonyl (C=O) groups excluding carboxylic acids is 1. The molecule has 3 rings (SSSR count). The summed E-state index contributed by atoms with van der Waals surface area (Å²) in [5.41, 5.74) is 11.2. The van der Waals surface area contributed by atoms with Gasteiger partial charge in [0.25, 0.3) is 0 Å². The molecule has 106 valence electrons. The second-order valence-corrected chi connectivity index (χ2v) is 6.87. The van der Waals surface area contributed by atoms with Gasteiger partial charge in [-0.1, -0.05) is 20.8 Å². The van der Waals surface area contributed by atoms with Crippen molar-refractivity contribution in [3.8, 4) is 0 Å². The first-order chi connectivity index (χ1) is 9.40. The fourth-order valence-electron chi connectivity index (χ4n) is 3.14. The molecule has 1 aliphatic rings. The summed E-state index contributed by atoms with van der Waals surface area (Å²) in [6.07, 6.45) is 3.97. The highest BCUT2D eigenvalue weighted by molar-refractivity contribution is 5.98. The molecule has 2 aromatic heterocycles. The van der Waals surface area contributed by atoms with Crippen LogP contribution in [-0.2, 0) is 12.8 Å². The Labute approximate surface area is 118 Å². The maximum atomic E-state index is 11.0. The number of nitrogens with zero attached hydrogens (tertiary/aromatic N) is 1. The SMILES string of the molecule is CC(C)(C)C1CCc2nc3c(N)c(C=O)[nH]c3cc2C1. The number of nitrogens with one attached hydrogen (secondary N) is 1. The van der Waals surface area contributed by atoms with E-state index in [0.29, 0.717) is 22.7 Å². The number of aldehydes is 1. The molecule has 3 N–H and O–H groups in total. The number of pyridine rings is 1. The number of carbonyl (C=O) groups is 1. The third kappa shape index (κ3) is 1.99. The van der Waals surface area contributed by atoms with Crippen LogP contribution in [-0.4, -0.2) is 16.3 Å². The van der Waals surface area contributed by atoms with Crippen LogP contribution in [0.5, 0.6) is 0 Å². The number of hydrogen-bond donors (Lipinski definition) is 2. The van der Waals surface area contributed by atoms with E-state index in [1.165, 1.54) is 12.0 Å². The number of nitrogen functional groups attached to an aromatic ring is 1. The Morgan fingerprint density at radius 2 is 2.20 bits per heavy atom. The van der Waals surface area contributed by atoms with E-state index in [2.05, 4.69) is 36.8 Å². The first-order valence-electron chi connectivity index (χ1n) is 7.15. The van der Waals surface area contributed by atoms with Crippen molar-refractivity contribution in [3.05, 3.63) is 23.0 Å². The first-order valence-corrected chi connectivity index (χ1v) is 7.15. The highest BCUT2D eigenvalue weighted by atomic mass is 16.1. The Hall–Kier alpha value is -1.84. The molecular weight excluding hydrogens is 250 g/mol. The van der Waals surface area contributed by atoms with Crippen LogP contribution in [0, 0.1) is 11.3 Å². The minimum atomic E-state index is 0.315. The molecule has 4 nitrogen and oxygen atoms in total. The summed E-state index contributed by atoms with van der Waals surface area (Å²) < 4.78 is 0. The Kier molecular flexibility index (Phi) is 2.85. The monoisotopic (exact) mass is 271 g/mol. The summed E-state index contributed by atoms with van der Waals surface area (Å²) in [7, 11) is 0. The van der Waals surface area contributed by atoms with Crippen molar-refractivity contribution in [2.75, 3.05) is 5.73 Å². The van der Waals surface area contributed by atoms with Crippen LogP contribution >= 0.6 is 0 Å². The van der Waals surface area contributed by atoms with Crippen LogP contribution in [0.1, 0.15) is 48.9 Å². The second-order valence-electron chi connectivity index (χ2n) is 6.87. The van der Waals surface area contributed by atoms with Crippen LogP contribution in [0.4, 0.5) is 5.69 Å². The third-order valence-electron chi connectivity index (χ3n) is 4.54. The molecule has 2 heterocycles. The van der Waals surface area contributed by atoms with Crippen molar-refractivity contribution in [2.24, 2.45) is 11.3 Å². The Morgan fingerprint density at radius 1 is 1.45 bits per heavy atom. The number of rotatable bonds is 1. The quantitative estimate of drug-likeness (QED) is 0.783. The average Bonchev–Trinajstić information content (AvgIpc) is 2.71. The third-order valence-corrected chi connectivity index (χ3v) is 4.54. The topological polar surface area (TPSA) is 71.8 Å². The molecular formula is C16H21N3O. The van der Waals surface area contributed by atoms with E-state index in [1.54, 1.807) is 0 Å². The lowest BCUT2D eigenvalue weighted by Gasteiger charge is -2.34. The van der Waals surface area contributed by atoms with Gasteiger partial charge in [-0.15, -0.1) is 0 Å². The Morgan fingerprint density at radius 3 is 2.85 bits per heavy atom. The van der Waals surface area contributed by atoms with Gasteiger partial charge < -0.3 is 10.7 Å². The number of hydrogen-bond acceptors (Lipinski definition) is 3. The lowest BCUT2D eigenvalue weighted by Crippen LogP contribution is -2.27. The minimum Gasteiger partial charge on any atom is -0.395 e. The molecule has 1 unspecified atom stereocenters. The van der Waals surface area contributed by atoms with Crippen molar-refractivity contribution >= 4 is 23.0 Å². The maximum Gasteiger partial charge on any atom is 0.168 e. The summed E-state index contributed by atoms with van der Waals surface area (Å²) in [5, 5.41) is 0. The molecule has 0 aliphatic heterocycles. The van der Waals surface area contributed by atoms with Gasteiger partial charge >= 0.3 is 0 Å². The lowest BCUT2D eigenvalue weighted by molar-refractivity contribution is 0.112. The van der Waals surface area contributed by atoms with E-state index >= 15 is 0 Å². The summed E-state index contributed by atoms with van der Waals surface area (Å²) >= 11 is 0. The Balaban J connectivity index is 2.07. The molecule has 1 atom stereocenters. The normalized spacial score (nSPS) is 19.1. The zero-order valence-electron chi connectivity index (χ0n) is 12.3. The first kappa shape index (κ1) is 13.2. The summed E-state index contributed by atoms with van der Waals surface area (Å²) in [6.45, 7) is 6.89. The van der Waals surface area contributed by atoms with Gasteiger partial charge in [0, 0.05) is 5.69 Å². The van der Waals surface area contributed by atoms with Crippen molar-refractivity contribution in [3.63, 3.8) is 0 Å². The number of aromatic amines is 1. The van der Waals surface area contributed by atoms with Gasteiger partial charge in [0.05, 0.1) is 11.2 Å².